The van der Waals surface area contributed by atoms with Crippen LogP contribution in [0.15, 0.2) is 11.2 Å². The summed E-state index contributed by atoms with van der Waals surface area (Å²) in [5, 5.41) is 15.8. The van der Waals surface area contributed by atoms with Gasteiger partial charge in [-0.05, 0) is 26.8 Å². The minimum absolute atomic E-state index is 0.552. The van der Waals surface area contributed by atoms with Crippen molar-refractivity contribution < 1.29 is 5.21 Å². The van der Waals surface area contributed by atoms with Gasteiger partial charge in [0.2, 0.25) is 0 Å². The highest BCUT2D eigenvalue weighted by molar-refractivity contribution is 5.80. The number of oxime groups is 1. The van der Waals surface area contributed by atoms with Crippen LogP contribution < -0.4 is 0 Å². The molecule has 1 heterocycles. The first-order valence-electron chi connectivity index (χ1n) is 3.82. The highest BCUT2D eigenvalue weighted by atomic mass is 16.4. The fraction of sp³-hybridized carbons (Fsp3) is 0.500. The van der Waals surface area contributed by atoms with E-state index in [1.807, 2.05) is 24.6 Å². The van der Waals surface area contributed by atoms with E-state index in [1.165, 1.54) is 0 Å². The third-order valence-electron chi connectivity index (χ3n) is 1.65. The summed E-state index contributed by atoms with van der Waals surface area (Å²) in [5.74, 6) is 0. The Balaban J connectivity index is 2.82. The Bertz CT molecular complexity index is 301. The normalized spacial score (nSPS) is 12.1. The molecule has 4 nitrogen and oxygen atoms in total. The molecule has 1 aromatic heterocycles. The number of nitrogens with zero attached hydrogens (tertiary/aromatic N) is 3. The number of rotatable bonds is 2. The largest absolute Gasteiger partial charge is 0.411 e. The van der Waals surface area contributed by atoms with Crippen LogP contribution in [-0.2, 0) is 6.54 Å². The molecule has 4 heteroatoms. The molecular weight excluding hydrogens is 154 g/mol. The number of hydrogen-bond donors (Lipinski definition) is 1. The van der Waals surface area contributed by atoms with E-state index < -0.39 is 0 Å². The zero-order valence-electron chi connectivity index (χ0n) is 7.57. The predicted octanol–water partition coefficient (Wildman–Crippen LogP) is 1.35. The van der Waals surface area contributed by atoms with Crippen molar-refractivity contribution in [3.63, 3.8) is 0 Å². The topological polar surface area (TPSA) is 50.4 Å². The molecule has 1 aromatic rings. The SMILES string of the molecule is CC(Cn1nc(C)cc1C)=NO. The standard InChI is InChI=1S/C8H13N3O/c1-6-4-8(3)11(9-6)5-7(2)10-12/h4,12H,5H2,1-3H3. The summed E-state index contributed by atoms with van der Waals surface area (Å²) in [4.78, 5) is 0. The van der Waals surface area contributed by atoms with Gasteiger partial charge < -0.3 is 5.21 Å². The lowest BCUT2D eigenvalue weighted by Gasteiger charge is -2.01. The van der Waals surface area contributed by atoms with Gasteiger partial charge in [0.05, 0.1) is 18.0 Å². The fourth-order valence-corrected chi connectivity index (χ4v) is 1.08. The van der Waals surface area contributed by atoms with Crippen LogP contribution in [0.3, 0.4) is 0 Å². The van der Waals surface area contributed by atoms with Crippen molar-refractivity contribution in [2.24, 2.45) is 5.16 Å². The van der Waals surface area contributed by atoms with E-state index in [2.05, 4.69) is 10.3 Å². The van der Waals surface area contributed by atoms with Crippen molar-refractivity contribution in [1.29, 1.82) is 0 Å². The molecule has 0 saturated carbocycles. The van der Waals surface area contributed by atoms with Gasteiger partial charge in [0, 0.05) is 5.69 Å². The first-order chi connectivity index (χ1) is 5.63. The Morgan fingerprint density at radius 2 is 2.33 bits per heavy atom. The van der Waals surface area contributed by atoms with E-state index >= 15 is 0 Å². The molecule has 0 radical (unpaired) electrons. The van der Waals surface area contributed by atoms with E-state index in [1.54, 1.807) is 6.92 Å². The lowest BCUT2D eigenvalue weighted by Crippen LogP contribution is -2.09. The summed E-state index contributed by atoms with van der Waals surface area (Å²) in [7, 11) is 0. The van der Waals surface area contributed by atoms with Gasteiger partial charge in [-0.2, -0.15) is 5.10 Å². The van der Waals surface area contributed by atoms with Crippen LogP contribution in [0.1, 0.15) is 18.3 Å². The van der Waals surface area contributed by atoms with Crippen molar-refractivity contribution in [2.45, 2.75) is 27.3 Å². The minimum atomic E-state index is 0.552. The summed E-state index contributed by atoms with van der Waals surface area (Å²) in [6, 6.07) is 1.99. The van der Waals surface area contributed by atoms with Crippen LogP contribution >= 0.6 is 0 Å². The Labute approximate surface area is 71.5 Å². The molecule has 0 atom stereocenters. The highest BCUT2D eigenvalue weighted by Crippen LogP contribution is 2.01. The molecule has 0 bridgehead atoms. The van der Waals surface area contributed by atoms with Gasteiger partial charge in [-0.25, -0.2) is 0 Å². The molecule has 12 heavy (non-hydrogen) atoms. The second kappa shape index (κ2) is 3.38. The van der Waals surface area contributed by atoms with Gasteiger partial charge in [0.25, 0.3) is 0 Å². The van der Waals surface area contributed by atoms with Crippen molar-refractivity contribution in [3.8, 4) is 0 Å². The molecule has 1 rings (SSSR count). The van der Waals surface area contributed by atoms with Gasteiger partial charge in [-0.1, -0.05) is 5.16 Å². The second-order valence-corrected chi connectivity index (χ2v) is 2.92. The van der Waals surface area contributed by atoms with Crippen LogP contribution in [0, 0.1) is 13.8 Å². The Hall–Kier alpha value is -1.32. The molecule has 0 aliphatic heterocycles. The van der Waals surface area contributed by atoms with Crippen LogP contribution in [0.25, 0.3) is 0 Å². The number of hydrogen-bond acceptors (Lipinski definition) is 3. The summed E-state index contributed by atoms with van der Waals surface area (Å²) >= 11 is 0. The summed E-state index contributed by atoms with van der Waals surface area (Å²) in [6.45, 7) is 6.23. The summed E-state index contributed by atoms with van der Waals surface area (Å²) in [5.41, 5.74) is 2.72. The monoisotopic (exact) mass is 167 g/mol. The van der Waals surface area contributed by atoms with Gasteiger partial charge in [0.1, 0.15) is 0 Å². The predicted molar refractivity (Wildman–Crippen MR) is 46.6 cm³/mol. The van der Waals surface area contributed by atoms with Crippen LogP contribution in [0.5, 0.6) is 0 Å². The van der Waals surface area contributed by atoms with Crippen molar-refractivity contribution in [3.05, 3.63) is 17.5 Å². The molecule has 0 spiro atoms. The van der Waals surface area contributed by atoms with Crippen molar-refractivity contribution in [2.75, 3.05) is 0 Å². The average molecular weight is 167 g/mol. The van der Waals surface area contributed by atoms with E-state index in [9.17, 15) is 0 Å². The third kappa shape index (κ3) is 1.84. The zero-order valence-corrected chi connectivity index (χ0v) is 7.57. The van der Waals surface area contributed by atoms with E-state index in [0.717, 1.165) is 11.4 Å². The maximum Gasteiger partial charge on any atom is 0.0825 e. The lowest BCUT2D eigenvalue weighted by molar-refractivity contribution is 0.316. The Kier molecular flexibility index (Phi) is 2.47. The summed E-state index contributed by atoms with van der Waals surface area (Å²) < 4.78 is 1.81. The van der Waals surface area contributed by atoms with E-state index in [-0.39, 0.29) is 0 Å². The van der Waals surface area contributed by atoms with Crippen LogP contribution in [0.2, 0.25) is 0 Å². The van der Waals surface area contributed by atoms with Gasteiger partial charge >= 0.3 is 0 Å². The molecule has 0 saturated heterocycles. The molecule has 66 valence electrons. The van der Waals surface area contributed by atoms with Gasteiger partial charge in [-0.3, -0.25) is 4.68 Å². The van der Waals surface area contributed by atoms with Crippen molar-refractivity contribution >= 4 is 5.71 Å². The highest BCUT2D eigenvalue weighted by Gasteiger charge is 2.01. The molecule has 0 amide bonds. The molecule has 0 unspecified atom stereocenters. The smallest absolute Gasteiger partial charge is 0.0825 e. The average Bonchev–Trinajstić information content (AvgIpc) is 2.30. The zero-order chi connectivity index (χ0) is 9.14. The number of aromatic nitrogens is 2. The number of aryl methyl sites for hydroxylation is 2. The molecule has 0 aliphatic carbocycles. The second-order valence-electron chi connectivity index (χ2n) is 2.92. The fourth-order valence-electron chi connectivity index (χ4n) is 1.08. The minimum Gasteiger partial charge on any atom is -0.411 e. The molecule has 0 aromatic carbocycles. The molecule has 0 aliphatic rings. The first-order valence-corrected chi connectivity index (χ1v) is 3.82. The maximum atomic E-state index is 8.44. The maximum absolute atomic E-state index is 8.44. The van der Waals surface area contributed by atoms with E-state index in [4.69, 9.17) is 5.21 Å². The molecule has 0 fully saturated rings. The molecular formula is C8H13N3O. The summed E-state index contributed by atoms with van der Waals surface area (Å²) in [6.07, 6.45) is 0. The van der Waals surface area contributed by atoms with Gasteiger partial charge in [-0.15, -0.1) is 0 Å². The first kappa shape index (κ1) is 8.77. The van der Waals surface area contributed by atoms with Crippen LogP contribution in [-0.4, -0.2) is 20.7 Å². The molecule has 1 N–H and O–H groups in total. The van der Waals surface area contributed by atoms with Crippen molar-refractivity contribution in [1.82, 2.24) is 9.78 Å². The van der Waals surface area contributed by atoms with Gasteiger partial charge in [0.15, 0.2) is 0 Å². The quantitative estimate of drug-likeness (QED) is 0.410. The Morgan fingerprint density at radius 1 is 1.67 bits per heavy atom. The lowest BCUT2D eigenvalue weighted by atomic mass is 10.4. The van der Waals surface area contributed by atoms with Crippen LogP contribution in [0.4, 0.5) is 0 Å². The van der Waals surface area contributed by atoms with E-state index in [0.29, 0.717) is 12.3 Å². The third-order valence-corrected chi connectivity index (χ3v) is 1.65. The Morgan fingerprint density at radius 3 is 2.75 bits per heavy atom.